The summed E-state index contributed by atoms with van der Waals surface area (Å²) in [7, 11) is 0. The Morgan fingerprint density at radius 2 is 1.30 bits per heavy atom. The fraction of sp³-hybridized carbons (Fsp3) is 1.00. The predicted molar refractivity (Wildman–Crippen MR) is 88.3 cm³/mol. The van der Waals surface area contributed by atoms with E-state index in [9.17, 15) is 0 Å². The van der Waals surface area contributed by atoms with Crippen LogP contribution in [0.4, 0.5) is 0 Å². The molecule has 2 heteroatoms. The van der Waals surface area contributed by atoms with Crippen LogP contribution in [0.3, 0.4) is 0 Å². The van der Waals surface area contributed by atoms with Gasteiger partial charge in [0.2, 0.25) is 0 Å². The van der Waals surface area contributed by atoms with E-state index in [4.69, 9.17) is 4.74 Å². The molecule has 1 unspecified atom stereocenters. The van der Waals surface area contributed by atoms with Crippen LogP contribution < -0.4 is 0 Å². The second-order valence-corrected chi connectivity index (χ2v) is 6.72. The number of unbranched alkanes of at least 4 members (excludes halogenated alkanes) is 6. The Kier molecular flexibility index (Phi) is 9.54. The smallest absolute Gasteiger partial charge is 0.0594 e. The van der Waals surface area contributed by atoms with Gasteiger partial charge in [-0.15, -0.1) is 0 Å². The predicted octanol–water partition coefficient (Wildman–Crippen LogP) is 5.02. The van der Waals surface area contributed by atoms with Crippen molar-refractivity contribution in [2.45, 2.75) is 90.5 Å². The highest BCUT2D eigenvalue weighted by molar-refractivity contribution is 4.87. The number of hydrogen-bond acceptors (Lipinski definition) is 2. The average molecular weight is 284 g/mol. The van der Waals surface area contributed by atoms with Crippen LogP contribution in [0.2, 0.25) is 0 Å². The van der Waals surface area contributed by atoms with Crippen LogP contribution in [0.25, 0.3) is 0 Å². The first kappa shape index (κ1) is 18.0. The van der Waals surface area contributed by atoms with E-state index in [0.717, 1.165) is 26.3 Å². The summed E-state index contributed by atoms with van der Waals surface area (Å²) in [4.78, 5) is 2.71. The van der Waals surface area contributed by atoms with Crippen LogP contribution in [0.1, 0.15) is 85.0 Å². The lowest BCUT2D eigenvalue weighted by atomic mass is 9.86. The molecule has 0 amide bonds. The molecule has 0 spiro atoms. The molecule has 0 aliphatic carbocycles. The standard InChI is InChI=1S/C18H37NO/c1-4-6-8-9-11-13-18(3,12-10-7-5-2)19-14-16-20-17-15-19/h4-17H2,1-3H3. The van der Waals surface area contributed by atoms with Crippen LogP contribution in [0.15, 0.2) is 0 Å². The minimum Gasteiger partial charge on any atom is -0.379 e. The Labute approximate surface area is 127 Å². The van der Waals surface area contributed by atoms with E-state index in [0.29, 0.717) is 5.54 Å². The van der Waals surface area contributed by atoms with Gasteiger partial charge in [-0.25, -0.2) is 0 Å². The van der Waals surface area contributed by atoms with Gasteiger partial charge in [-0.3, -0.25) is 4.90 Å². The summed E-state index contributed by atoms with van der Waals surface area (Å²) in [5, 5.41) is 0. The largest absolute Gasteiger partial charge is 0.379 e. The third kappa shape index (κ3) is 6.58. The van der Waals surface area contributed by atoms with Gasteiger partial charge in [0, 0.05) is 18.6 Å². The summed E-state index contributed by atoms with van der Waals surface area (Å²) in [6, 6.07) is 0. The summed E-state index contributed by atoms with van der Waals surface area (Å²) < 4.78 is 5.54. The van der Waals surface area contributed by atoms with Gasteiger partial charge in [-0.2, -0.15) is 0 Å². The van der Waals surface area contributed by atoms with E-state index in [1.165, 1.54) is 64.2 Å². The Morgan fingerprint density at radius 3 is 1.90 bits per heavy atom. The third-order valence-corrected chi connectivity index (χ3v) is 4.91. The zero-order chi connectivity index (χ0) is 14.7. The van der Waals surface area contributed by atoms with Crippen molar-refractivity contribution in [2.24, 2.45) is 0 Å². The molecule has 0 aromatic rings. The van der Waals surface area contributed by atoms with Crippen LogP contribution in [0, 0.1) is 0 Å². The summed E-state index contributed by atoms with van der Waals surface area (Å²) in [5.74, 6) is 0. The van der Waals surface area contributed by atoms with Crippen molar-refractivity contribution in [3.05, 3.63) is 0 Å². The molecule has 1 fully saturated rings. The lowest BCUT2D eigenvalue weighted by molar-refractivity contribution is -0.0243. The molecule has 2 nitrogen and oxygen atoms in total. The van der Waals surface area contributed by atoms with E-state index >= 15 is 0 Å². The number of hydrogen-bond donors (Lipinski definition) is 0. The van der Waals surface area contributed by atoms with Gasteiger partial charge in [0.15, 0.2) is 0 Å². The number of ether oxygens (including phenoxy) is 1. The highest BCUT2D eigenvalue weighted by Gasteiger charge is 2.31. The van der Waals surface area contributed by atoms with Crippen molar-refractivity contribution in [2.75, 3.05) is 26.3 Å². The molecule has 1 rings (SSSR count). The molecule has 1 aliphatic heterocycles. The van der Waals surface area contributed by atoms with Crippen molar-refractivity contribution in [1.82, 2.24) is 4.90 Å². The first-order valence-corrected chi connectivity index (χ1v) is 9.05. The molecule has 1 atom stereocenters. The lowest BCUT2D eigenvalue weighted by Crippen LogP contribution is -2.51. The van der Waals surface area contributed by atoms with Gasteiger partial charge in [0.25, 0.3) is 0 Å². The molecular formula is C18H37NO. The monoisotopic (exact) mass is 283 g/mol. The molecule has 0 aromatic heterocycles. The molecule has 0 saturated carbocycles. The van der Waals surface area contributed by atoms with Gasteiger partial charge in [0.05, 0.1) is 13.2 Å². The quantitative estimate of drug-likeness (QED) is 0.494. The summed E-state index contributed by atoms with van der Waals surface area (Å²) in [6.07, 6.45) is 13.8. The zero-order valence-electron chi connectivity index (χ0n) is 14.3. The van der Waals surface area contributed by atoms with Gasteiger partial charge in [-0.05, 0) is 19.8 Å². The SMILES string of the molecule is CCCCCCCC(C)(CCCCC)N1CCOCC1. The van der Waals surface area contributed by atoms with E-state index < -0.39 is 0 Å². The lowest BCUT2D eigenvalue weighted by Gasteiger charge is -2.44. The molecule has 0 bridgehead atoms. The van der Waals surface area contributed by atoms with Crippen molar-refractivity contribution in [3.8, 4) is 0 Å². The molecule has 1 heterocycles. The molecule has 0 aromatic carbocycles. The van der Waals surface area contributed by atoms with Crippen molar-refractivity contribution < 1.29 is 4.74 Å². The Balaban J connectivity index is 2.40. The number of morpholine rings is 1. The molecule has 0 radical (unpaired) electrons. The second-order valence-electron chi connectivity index (χ2n) is 6.72. The minimum atomic E-state index is 0.422. The van der Waals surface area contributed by atoms with Crippen LogP contribution in [0.5, 0.6) is 0 Å². The third-order valence-electron chi connectivity index (χ3n) is 4.91. The van der Waals surface area contributed by atoms with Crippen LogP contribution in [-0.4, -0.2) is 36.7 Å². The highest BCUT2D eigenvalue weighted by atomic mass is 16.5. The first-order valence-electron chi connectivity index (χ1n) is 9.05. The normalized spacial score (nSPS) is 19.9. The fourth-order valence-corrected chi connectivity index (χ4v) is 3.41. The topological polar surface area (TPSA) is 12.5 Å². The molecule has 120 valence electrons. The van der Waals surface area contributed by atoms with Crippen LogP contribution >= 0.6 is 0 Å². The maximum absolute atomic E-state index is 5.54. The van der Waals surface area contributed by atoms with E-state index in [2.05, 4.69) is 25.7 Å². The van der Waals surface area contributed by atoms with Gasteiger partial charge >= 0.3 is 0 Å². The van der Waals surface area contributed by atoms with Crippen molar-refractivity contribution >= 4 is 0 Å². The van der Waals surface area contributed by atoms with Crippen molar-refractivity contribution in [1.29, 1.82) is 0 Å². The molecule has 20 heavy (non-hydrogen) atoms. The minimum absolute atomic E-state index is 0.422. The number of rotatable bonds is 11. The summed E-state index contributed by atoms with van der Waals surface area (Å²) >= 11 is 0. The van der Waals surface area contributed by atoms with E-state index in [-0.39, 0.29) is 0 Å². The summed E-state index contributed by atoms with van der Waals surface area (Å²) in [6.45, 7) is 11.2. The van der Waals surface area contributed by atoms with E-state index in [1.54, 1.807) is 0 Å². The van der Waals surface area contributed by atoms with E-state index in [1.807, 2.05) is 0 Å². The van der Waals surface area contributed by atoms with Gasteiger partial charge in [0.1, 0.15) is 0 Å². The number of nitrogens with zero attached hydrogens (tertiary/aromatic N) is 1. The van der Waals surface area contributed by atoms with Gasteiger partial charge < -0.3 is 4.74 Å². The fourth-order valence-electron chi connectivity index (χ4n) is 3.41. The zero-order valence-corrected chi connectivity index (χ0v) is 14.3. The maximum atomic E-state index is 5.54. The Morgan fingerprint density at radius 1 is 0.800 bits per heavy atom. The molecule has 1 saturated heterocycles. The highest BCUT2D eigenvalue weighted by Crippen LogP contribution is 2.29. The first-order chi connectivity index (χ1) is 9.73. The van der Waals surface area contributed by atoms with Gasteiger partial charge in [-0.1, -0.05) is 65.2 Å². The second kappa shape index (κ2) is 10.6. The Hall–Kier alpha value is -0.0800. The molecule has 1 aliphatic rings. The van der Waals surface area contributed by atoms with Crippen LogP contribution in [-0.2, 0) is 4.74 Å². The van der Waals surface area contributed by atoms with Crippen molar-refractivity contribution in [3.63, 3.8) is 0 Å². The average Bonchev–Trinajstić information content (AvgIpc) is 2.48. The molecular weight excluding hydrogens is 246 g/mol. The maximum Gasteiger partial charge on any atom is 0.0594 e. The Bertz CT molecular complexity index is 225. The summed E-state index contributed by atoms with van der Waals surface area (Å²) in [5.41, 5.74) is 0.422. The molecule has 0 N–H and O–H groups in total.